The number of rotatable bonds is 6. The first-order valence-electron chi connectivity index (χ1n) is 6.51. The van der Waals surface area contributed by atoms with Crippen LogP contribution in [-0.4, -0.2) is 10.2 Å². The molecule has 1 aromatic heterocycles. The molecule has 2 N–H and O–H groups in total. The molecule has 6 heteroatoms. The smallest absolute Gasteiger partial charge is 0.276 e. The minimum absolute atomic E-state index is 0.231. The lowest BCUT2D eigenvalue weighted by atomic mass is 10.1. The predicted octanol–water partition coefficient (Wildman–Crippen LogP) is 3.55. The average Bonchev–Trinajstić information content (AvgIpc) is 2.84. The van der Waals surface area contributed by atoms with Gasteiger partial charge in [0, 0.05) is 5.75 Å². The summed E-state index contributed by atoms with van der Waals surface area (Å²) in [6, 6.07) is 6.23. The molecule has 0 bridgehead atoms. The molecule has 0 unspecified atom stereocenters. The Kier molecular flexibility index (Phi) is 5.14. The van der Waals surface area contributed by atoms with Gasteiger partial charge in [0.25, 0.3) is 5.22 Å². The van der Waals surface area contributed by atoms with Gasteiger partial charge in [-0.15, -0.1) is 10.2 Å². The number of hydrogen-bond acceptors (Lipinski definition) is 5. The summed E-state index contributed by atoms with van der Waals surface area (Å²) in [4.78, 5) is 0. The largest absolute Gasteiger partial charge is 0.414 e. The zero-order chi connectivity index (χ0) is 14.5. The van der Waals surface area contributed by atoms with Crippen molar-refractivity contribution in [3.63, 3.8) is 0 Å². The van der Waals surface area contributed by atoms with Crippen LogP contribution in [0.5, 0.6) is 0 Å². The standard InChI is InChI=1S/C14H18FN3OS/c1-9(2)6-12(16)13-17-18-14(19-13)20-8-10-4-3-5-11(15)7-10/h3-5,7,9,12H,6,8,16H2,1-2H3/t12-/m0/s1. The molecule has 1 aromatic carbocycles. The van der Waals surface area contributed by atoms with Crippen molar-refractivity contribution < 1.29 is 8.81 Å². The molecule has 1 atom stereocenters. The lowest BCUT2D eigenvalue weighted by Gasteiger charge is -2.08. The van der Waals surface area contributed by atoms with E-state index in [0.717, 1.165) is 12.0 Å². The van der Waals surface area contributed by atoms with Gasteiger partial charge in [-0.05, 0) is 30.0 Å². The summed E-state index contributed by atoms with van der Waals surface area (Å²) in [5.74, 6) is 1.27. The number of nitrogens with zero attached hydrogens (tertiary/aromatic N) is 2. The van der Waals surface area contributed by atoms with Crippen molar-refractivity contribution in [2.75, 3.05) is 0 Å². The van der Waals surface area contributed by atoms with Crippen LogP contribution in [-0.2, 0) is 5.75 Å². The second kappa shape index (κ2) is 6.85. The highest BCUT2D eigenvalue weighted by Crippen LogP contribution is 2.25. The maximum Gasteiger partial charge on any atom is 0.276 e. The molecule has 1 heterocycles. The fraction of sp³-hybridized carbons (Fsp3) is 0.429. The van der Waals surface area contributed by atoms with Crippen molar-refractivity contribution >= 4 is 11.8 Å². The summed E-state index contributed by atoms with van der Waals surface area (Å²) in [5.41, 5.74) is 6.86. The molecule has 0 radical (unpaired) electrons. The normalized spacial score (nSPS) is 12.8. The summed E-state index contributed by atoms with van der Waals surface area (Å²) in [7, 11) is 0. The van der Waals surface area contributed by atoms with Crippen LogP contribution in [0.15, 0.2) is 33.9 Å². The van der Waals surface area contributed by atoms with Crippen LogP contribution in [0.1, 0.15) is 37.8 Å². The molecule has 2 aromatic rings. The van der Waals surface area contributed by atoms with E-state index in [-0.39, 0.29) is 11.9 Å². The van der Waals surface area contributed by atoms with E-state index in [9.17, 15) is 4.39 Å². The number of halogens is 1. The minimum Gasteiger partial charge on any atom is -0.414 e. The summed E-state index contributed by atoms with van der Waals surface area (Å²) in [6.45, 7) is 4.19. The SMILES string of the molecule is CC(C)C[C@H](N)c1nnc(SCc2cccc(F)c2)o1. The zero-order valence-electron chi connectivity index (χ0n) is 11.5. The quantitative estimate of drug-likeness (QED) is 0.826. The van der Waals surface area contributed by atoms with E-state index >= 15 is 0 Å². The first-order chi connectivity index (χ1) is 9.54. The lowest BCUT2D eigenvalue weighted by molar-refractivity contribution is 0.361. The summed E-state index contributed by atoms with van der Waals surface area (Å²) in [5, 5.41) is 8.38. The van der Waals surface area contributed by atoms with Gasteiger partial charge < -0.3 is 10.2 Å². The van der Waals surface area contributed by atoms with Crippen LogP contribution in [0.25, 0.3) is 0 Å². The van der Waals surface area contributed by atoms with Gasteiger partial charge in [-0.1, -0.05) is 37.7 Å². The van der Waals surface area contributed by atoms with Gasteiger partial charge in [-0.2, -0.15) is 0 Å². The molecular formula is C14H18FN3OS. The Morgan fingerprint density at radius 3 is 2.85 bits per heavy atom. The molecule has 0 fully saturated rings. The second-order valence-corrected chi connectivity index (χ2v) is 5.99. The van der Waals surface area contributed by atoms with E-state index in [1.807, 2.05) is 6.07 Å². The van der Waals surface area contributed by atoms with E-state index in [4.69, 9.17) is 10.2 Å². The molecule has 20 heavy (non-hydrogen) atoms. The fourth-order valence-corrected chi connectivity index (χ4v) is 2.52. The van der Waals surface area contributed by atoms with E-state index in [1.54, 1.807) is 6.07 Å². The number of benzene rings is 1. The van der Waals surface area contributed by atoms with Crippen molar-refractivity contribution in [2.45, 2.75) is 37.3 Å². The van der Waals surface area contributed by atoms with Gasteiger partial charge in [0.2, 0.25) is 5.89 Å². The summed E-state index contributed by atoms with van der Waals surface area (Å²) < 4.78 is 18.6. The van der Waals surface area contributed by atoms with E-state index in [2.05, 4.69) is 24.0 Å². The highest BCUT2D eigenvalue weighted by molar-refractivity contribution is 7.98. The van der Waals surface area contributed by atoms with E-state index < -0.39 is 0 Å². The number of aromatic nitrogens is 2. The Hall–Kier alpha value is -1.40. The first-order valence-corrected chi connectivity index (χ1v) is 7.49. The predicted molar refractivity (Wildman–Crippen MR) is 76.6 cm³/mol. The number of hydrogen-bond donors (Lipinski definition) is 1. The first kappa shape index (κ1) is 15.0. The molecule has 0 aliphatic heterocycles. The van der Waals surface area contributed by atoms with Gasteiger partial charge in [0.1, 0.15) is 5.82 Å². The van der Waals surface area contributed by atoms with Crippen LogP contribution in [0.4, 0.5) is 4.39 Å². The molecule has 4 nitrogen and oxygen atoms in total. The second-order valence-electron chi connectivity index (χ2n) is 5.06. The van der Waals surface area contributed by atoms with Crippen molar-refractivity contribution in [3.05, 3.63) is 41.5 Å². The molecule has 108 valence electrons. The van der Waals surface area contributed by atoms with Gasteiger partial charge in [0.15, 0.2) is 0 Å². The van der Waals surface area contributed by atoms with E-state index in [1.165, 1.54) is 23.9 Å². The molecular weight excluding hydrogens is 277 g/mol. The maximum absolute atomic E-state index is 13.0. The molecule has 0 aliphatic rings. The van der Waals surface area contributed by atoms with Crippen LogP contribution in [0, 0.1) is 11.7 Å². The third-order valence-electron chi connectivity index (χ3n) is 2.72. The van der Waals surface area contributed by atoms with Crippen molar-refractivity contribution in [1.82, 2.24) is 10.2 Å². The Labute approximate surface area is 122 Å². The third kappa shape index (κ3) is 4.31. The Morgan fingerprint density at radius 1 is 1.35 bits per heavy atom. The van der Waals surface area contributed by atoms with Crippen LogP contribution in [0.3, 0.4) is 0 Å². The lowest BCUT2D eigenvalue weighted by Crippen LogP contribution is -2.13. The highest BCUT2D eigenvalue weighted by atomic mass is 32.2. The van der Waals surface area contributed by atoms with Crippen LogP contribution in [0.2, 0.25) is 0 Å². The van der Waals surface area contributed by atoms with Crippen LogP contribution >= 0.6 is 11.8 Å². The zero-order valence-corrected chi connectivity index (χ0v) is 12.4. The molecule has 0 saturated carbocycles. The topological polar surface area (TPSA) is 64.9 Å². The van der Waals surface area contributed by atoms with Gasteiger partial charge in [0.05, 0.1) is 6.04 Å². The van der Waals surface area contributed by atoms with Gasteiger partial charge >= 0.3 is 0 Å². The number of nitrogens with two attached hydrogens (primary N) is 1. The number of thioether (sulfide) groups is 1. The van der Waals surface area contributed by atoms with Gasteiger partial charge in [-0.3, -0.25) is 0 Å². The van der Waals surface area contributed by atoms with E-state index in [0.29, 0.717) is 22.8 Å². The van der Waals surface area contributed by atoms with Gasteiger partial charge in [-0.25, -0.2) is 4.39 Å². The third-order valence-corrected chi connectivity index (χ3v) is 3.61. The summed E-state index contributed by atoms with van der Waals surface area (Å²) in [6.07, 6.45) is 0.802. The maximum atomic E-state index is 13.0. The molecule has 0 spiro atoms. The van der Waals surface area contributed by atoms with Crippen molar-refractivity contribution in [2.24, 2.45) is 11.7 Å². The molecule has 2 rings (SSSR count). The molecule has 0 aliphatic carbocycles. The summed E-state index contributed by atoms with van der Waals surface area (Å²) >= 11 is 1.38. The monoisotopic (exact) mass is 295 g/mol. The molecule has 0 saturated heterocycles. The average molecular weight is 295 g/mol. The Balaban J connectivity index is 1.93. The Morgan fingerprint density at radius 2 is 2.15 bits per heavy atom. The van der Waals surface area contributed by atoms with Crippen molar-refractivity contribution in [1.29, 1.82) is 0 Å². The Bertz CT molecular complexity index is 559. The van der Waals surface area contributed by atoms with Crippen LogP contribution < -0.4 is 5.73 Å². The van der Waals surface area contributed by atoms with Crippen molar-refractivity contribution in [3.8, 4) is 0 Å². The molecule has 0 amide bonds. The fourth-order valence-electron chi connectivity index (χ4n) is 1.81. The minimum atomic E-state index is -0.242. The highest BCUT2D eigenvalue weighted by Gasteiger charge is 2.16.